The van der Waals surface area contributed by atoms with Gasteiger partial charge in [0.25, 0.3) is 12.3 Å². The van der Waals surface area contributed by atoms with Crippen LogP contribution in [0.25, 0.3) is 16.3 Å². The highest BCUT2D eigenvalue weighted by atomic mass is 32.2. The number of sulfonamides is 1. The van der Waals surface area contributed by atoms with Crippen LogP contribution in [0.3, 0.4) is 0 Å². The number of carbonyl (C=O) groups is 1. The molecule has 1 aliphatic heterocycles. The highest BCUT2D eigenvalue weighted by Gasteiger charge is 2.42. The standard InChI is InChI=1S/C21H25F2N7O4S2/c1-11-8-29(10-15(34-11)18(31)24-3)13-6-12(36(32,33)28-21(2)4-5-21)9-30-14(13)7-25-17(30)20-27-26-19(35-20)16(22)23/h6-7,9,11,15-16,28H,4-5,8,10H2,1-3H3,(H,24,31)/t11-,15-/m1/s1. The molecule has 2 atom stereocenters. The van der Waals surface area contributed by atoms with Crippen LogP contribution in [0, 0.1) is 0 Å². The van der Waals surface area contributed by atoms with E-state index in [0.717, 1.165) is 12.8 Å². The van der Waals surface area contributed by atoms with Crippen molar-refractivity contribution in [3.05, 3.63) is 23.5 Å². The summed E-state index contributed by atoms with van der Waals surface area (Å²) in [5.41, 5.74) is 0.537. The molecule has 1 aliphatic carbocycles. The number of nitrogens with one attached hydrogen (secondary N) is 2. The first-order valence-electron chi connectivity index (χ1n) is 11.3. The SMILES string of the molecule is CNC(=O)[C@H]1CN(c2cc(S(=O)(=O)NC3(C)CC3)cn3c(-c4nnc(C(F)F)s4)ncc23)C[C@@H](C)O1. The molecule has 4 heterocycles. The lowest BCUT2D eigenvalue weighted by molar-refractivity contribution is -0.136. The molecule has 0 spiro atoms. The summed E-state index contributed by atoms with van der Waals surface area (Å²) in [6.07, 6.45) is 0.523. The van der Waals surface area contributed by atoms with Gasteiger partial charge in [-0.2, -0.15) is 0 Å². The van der Waals surface area contributed by atoms with Crippen LogP contribution in [0.1, 0.15) is 38.1 Å². The molecule has 3 aromatic rings. The lowest BCUT2D eigenvalue weighted by Crippen LogP contribution is -2.52. The predicted octanol–water partition coefficient (Wildman–Crippen LogP) is 1.96. The van der Waals surface area contributed by atoms with Gasteiger partial charge in [0, 0.05) is 25.3 Å². The Morgan fingerprint density at radius 3 is 2.69 bits per heavy atom. The minimum absolute atomic E-state index is 0.0217. The molecule has 1 amide bonds. The lowest BCUT2D eigenvalue weighted by atomic mass is 10.1. The van der Waals surface area contributed by atoms with E-state index in [0.29, 0.717) is 29.1 Å². The number of nitrogens with zero attached hydrogens (tertiary/aromatic N) is 5. The second-order valence-corrected chi connectivity index (χ2v) is 12.0. The van der Waals surface area contributed by atoms with Crippen molar-refractivity contribution in [2.75, 3.05) is 25.0 Å². The Bertz CT molecular complexity index is 1420. The Kier molecular flexibility index (Phi) is 6.21. The smallest absolute Gasteiger partial charge is 0.291 e. The van der Waals surface area contributed by atoms with Crippen molar-refractivity contribution in [2.24, 2.45) is 0 Å². The molecule has 1 saturated heterocycles. The summed E-state index contributed by atoms with van der Waals surface area (Å²) >= 11 is 0.689. The van der Waals surface area contributed by atoms with Crippen LogP contribution in [0.4, 0.5) is 14.5 Å². The molecule has 5 rings (SSSR count). The van der Waals surface area contributed by atoms with Gasteiger partial charge in [-0.3, -0.25) is 9.20 Å². The van der Waals surface area contributed by atoms with Crippen molar-refractivity contribution in [3.8, 4) is 10.8 Å². The molecular formula is C21H25F2N7O4S2. The molecule has 2 fully saturated rings. The van der Waals surface area contributed by atoms with Crippen LogP contribution < -0.4 is 14.9 Å². The molecule has 0 bridgehead atoms. The number of anilines is 1. The van der Waals surface area contributed by atoms with Crippen LogP contribution in [0.2, 0.25) is 0 Å². The molecule has 0 aromatic carbocycles. The van der Waals surface area contributed by atoms with E-state index in [9.17, 15) is 22.0 Å². The van der Waals surface area contributed by atoms with Gasteiger partial charge in [0.05, 0.1) is 30.0 Å². The summed E-state index contributed by atoms with van der Waals surface area (Å²) in [5.74, 6) is -0.105. The number of fused-ring (bicyclic) bond motifs is 1. The van der Waals surface area contributed by atoms with Gasteiger partial charge in [0.15, 0.2) is 21.9 Å². The van der Waals surface area contributed by atoms with E-state index in [1.165, 1.54) is 23.8 Å². The first-order chi connectivity index (χ1) is 17.0. The maximum absolute atomic E-state index is 13.3. The van der Waals surface area contributed by atoms with E-state index < -0.39 is 33.1 Å². The third-order valence-electron chi connectivity index (χ3n) is 6.24. The number of hydrogen-bond donors (Lipinski definition) is 2. The van der Waals surface area contributed by atoms with Crippen LogP contribution in [-0.2, 0) is 19.6 Å². The summed E-state index contributed by atoms with van der Waals surface area (Å²) < 4.78 is 63.0. The van der Waals surface area contributed by atoms with Gasteiger partial charge in [-0.15, -0.1) is 10.2 Å². The third kappa shape index (κ3) is 4.67. The lowest BCUT2D eigenvalue weighted by Gasteiger charge is -2.37. The molecule has 0 radical (unpaired) electrons. The molecule has 2 N–H and O–H groups in total. The number of amides is 1. The second kappa shape index (κ2) is 8.97. The predicted molar refractivity (Wildman–Crippen MR) is 128 cm³/mol. The molecule has 3 aromatic heterocycles. The number of likely N-dealkylation sites (N-methyl/N-ethyl adjacent to an activating group) is 1. The van der Waals surface area contributed by atoms with Crippen molar-refractivity contribution in [2.45, 2.75) is 55.8 Å². The van der Waals surface area contributed by atoms with E-state index in [-0.39, 0.29) is 34.3 Å². The molecular weight excluding hydrogens is 516 g/mol. The van der Waals surface area contributed by atoms with Gasteiger partial charge >= 0.3 is 0 Å². The first kappa shape index (κ1) is 24.9. The summed E-state index contributed by atoms with van der Waals surface area (Å²) in [4.78, 5) is 18.5. The van der Waals surface area contributed by atoms with Crippen molar-refractivity contribution in [1.82, 2.24) is 29.6 Å². The number of imidazole rings is 1. The Hall–Kier alpha value is -2.75. The van der Waals surface area contributed by atoms with Crippen molar-refractivity contribution >= 4 is 38.5 Å². The molecule has 194 valence electrons. The maximum atomic E-state index is 13.3. The Balaban J connectivity index is 1.65. The van der Waals surface area contributed by atoms with Crippen molar-refractivity contribution < 1.29 is 26.7 Å². The fourth-order valence-corrected chi connectivity index (χ4v) is 6.33. The van der Waals surface area contributed by atoms with Gasteiger partial charge in [0.1, 0.15) is 4.90 Å². The van der Waals surface area contributed by atoms with E-state index >= 15 is 0 Å². The van der Waals surface area contributed by atoms with E-state index in [1.807, 2.05) is 18.7 Å². The fraction of sp³-hybridized carbons (Fsp3) is 0.524. The van der Waals surface area contributed by atoms with Crippen LogP contribution >= 0.6 is 11.3 Å². The number of hydrogen-bond acceptors (Lipinski definition) is 9. The molecule has 0 unspecified atom stereocenters. The van der Waals surface area contributed by atoms with Crippen molar-refractivity contribution in [3.63, 3.8) is 0 Å². The van der Waals surface area contributed by atoms with E-state index in [2.05, 4.69) is 25.2 Å². The van der Waals surface area contributed by atoms with Crippen molar-refractivity contribution in [1.29, 1.82) is 0 Å². The van der Waals surface area contributed by atoms with Gasteiger partial charge in [-0.25, -0.2) is 26.9 Å². The monoisotopic (exact) mass is 541 g/mol. The molecule has 15 heteroatoms. The average Bonchev–Trinajstić information content (AvgIpc) is 3.21. The quantitative estimate of drug-likeness (QED) is 0.464. The normalized spacial score (nSPS) is 21.8. The Labute approximate surface area is 209 Å². The van der Waals surface area contributed by atoms with Gasteiger partial charge in [-0.1, -0.05) is 11.3 Å². The second-order valence-electron chi connectivity index (χ2n) is 9.26. The minimum atomic E-state index is -3.93. The van der Waals surface area contributed by atoms with Gasteiger partial charge in [-0.05, 0) is 32.8 Å². The highest BCUT2D eigenvalue weighted by Crippen LogP contribution is 2.38. The number of pyridine rings is 1. The Morgan fingerprint density at radius 1 is 1.31 bits per heavy atom. The molecule has 36 heavy (non-hydrogen) atoms. The van der Waals surface area contributed by atoms with Crippen LogP contribution in [-0.4, -0.2) is 71.8 Å². The zero-order valence-corrected chi connectivity index (χ0v) is 21.4. The van der Waals surface area contributed by atoms with Gasteiger partial charge in [0.2, 0.25) is 10.0 Å². The molecule has 11 nitrogen and oxygen atoms in total. The number of alkyl halides is 2. The van der Waals surface area contributed by atoms with Crippen LogP contribution in [0.5, 0.6) is 0 Å². The summed E-state index contributed by atoms with van der Waals surface area (Å²) in [6, 6.07) is 1.54. The zero-order valence-electron chi connectivity index (χ0n) is 19.7. The number of ether oxygens (including phenoxy) is 1. The topological polar surface area (TPSA) is 131 Å². The molecule has 1 saturated carbocycles. The fourth-order valence-electron chi connectivity index (χ4n) is 4.15. The number of carbonyl (C=O) groups excluding carboxylic acids is 1. The van der Waals surface area contributed by atoms with Crippen LogP contribution in [0.15, 0.2) is 23.4 Å². The zero-order chi connectivity index (χ0) is 25.8. The van der Waals surface area contributed by atoms with E-state index in [1.54, 1.807) is 6.07 Å². The minimum Gasteiger partial charge on any atom is -0.364 e. The number of morpholine rings is 1. The van der Waals surface area contributed by atoms with E-state index in [4.69, 9.17) is 4.74 Å². The summed E-state index contributed by atoms with van der Waals surface area (Å²) in [5, 5.41) is 9.63. The summed E-state index contributed by atoms with van der Waals surface area (Å²) in [6.45, 7) is 4.23. The maximum Gasteiger partial charge on any atom is 0.291 e. The number of rotatable bonds is 7. The first-order valence-corrected chi connectivity index (χ1v) is 13.6. The molecule has 2 aliphatic rings. The Morgan fingerprint density at radius 2 is 2.06 bits per heavy atom. The van der Waals surface area contributed by atoms with Gasteiger partial charge < -0.3 is 15.0 Å². The number of aromatic nitrogens is 4. The number of halogens is 2. The largest absolute Gasteiger partial charge is 0.364 e. The average molecular weight is 542 g/mol. The highest BCUT2D eigenvalue weighted by molar-refractivity contribution is 7.89. The summed E-state index contributed by atoms with van der Waals surface area (Å²) in [7, 11) is -2.41. The third-order valence-corrected chi connectivity index (χ3v) is 8.78.